The lowest BCUT2D eigenvalue weighted by molar-refractivity contribution is -0.130. The number of hydrogen-bond donors (Lipinski definition) is 0. The third-order valence-corrected chi connectivity index (χ3v) is 7.61. The summed E-state index contributed by atoms with van der Waals surface area (Å²) in [6, 6.07) is 23.0. The van der Waals surface area contributed by atoms with Crippen LogP contribution in [0.4, 0.5) is 5.69 Å². The van der Waals surface area contributed by atoms with Gasteiger partial charge in [-0.1, -0.05) is 36.4 Å². The molecule has 3 aromatic rings. The molecule has 0 bridgehead atoms. The van der Waals surface area contributed by atoms with E-state index < -0.39 is 10.0 Å². The first kappa shape index (κ1) is 25.8. The number of carbonyl (C=O) groups is 1. The molecule has 0 aromatic heterocycles. The van der Waals surface area contributed by atoms with E-state index in [0.717, 1.165) is 16.7 Å². The maximum Gasteiger partial charge on any atom is 0.264 e. The Kier molecular flexibility index (Phi) is 8.50. The molecule has 0 atom stereocenters. The lowest BCUT2D eigenvalue weighted by Gasteiger charge is -2.26. The molecule has 0 aliphatic rings. The lowest BCUT2D eigenvalue weighted by Crippen LogP contribution is -2.37. The van der Waals surface area contributed by atoms with Crippen LogP contribution in [0, 0.1) is 25.2 Å². The van der Waals surface area contributed by atoms with Gasteiger partial charge in [-0.3, -0.25) is 9.10 Å². The fraction of sp³-hybridized carbons (Fsp3) is 0.259. The molecule has 0 aliphatic carbocycles. The fourth-order valence-corrected chi connectivity index (χ4v) is 5.17. The standard InChI is InChI=1S/C27H29N3O4S/c1-21-9-14-26(19-22(21)2)35(32,33)30(24-10-12-25(34-3)13-11-24)17-15-27(31)29(18-16-28)20-23-7-5-4-6-8-23/h4-14,19H,15,17-18,20H2,1-3H3. The van der Waals surface area contributed by atoms with E-state index in [1.807, 2.05) is 50.2 Å². The molecule has 0 saturated heterocycles. The van der Waals surface area contributed by atoms with Gasteiger partial charge in [-0.05, 0) is 66.9 Å². The predicted octanol–water partition coefficient (Wildman–Crippen LogP) is 4.45. The van der Waals surface area contributed by atoms with Crippen LogP contribution in [0.2, 0.25) is 0 Å². The van der Waals surface area contributed by atoms with E-state index in [1.54, 1.807) is 42.5 Å². The zero-order chi connectivity index (χ0) is 25.4. The lowest BCUT2D eigenvalue weighted by atomic mass is 10.1. The van der Waals surface area contributed by atoms with Gasteiger partial charge in [-0.15, -0.1) is 0 Å². The van der Waals surface area contributed by atoms with E-state index in [-0.39, 0.29) is 36.9 Å². The normalized spacial score (nSPS) is 10.9. The topological polar surface area (TPSA) is 90.7 Å². The van der Waals surface area contributed by atoms with Crippen LogP contribution >= 0.6 is 0 Å². The van der Waals surface area contributed by atoms with Gasteiger partial charge in [0.05, 0.1) is 23.8 Å². The molecule has 0 N–H and O–H groups in total. The van der Waals surface area contributed by atoms with Gasteiger partial charge in [0.25, 0.3) is 10.0 Å². The second kappa shape index (κ2) is 11.5. The molecule has 0 heterocycles. The number of sulfonamides is 1. The monoisotopic (exact) mass is 491 g/mol. The van der Waals surface area contributed by atoms with Crippen molar-refractivity contribution < 1.29 is 17.9 Å². The first-order valence-corrected chi connectivity index (χ1v) is 12.6. The van der Waals surface area contributed by atoms with Crippen LogP contribution in [0.5, 0.6) is 5.75 Å². The van der Waals surface area contributed by atoms with Gasteiger partial charge >= 0.3 is 0 Å². The zero-order valence-electron chi connectivity index (χ0n) is 20.1. The molecule has 0 fully saturated rings. The van der Waals surface area contributed by atoms with Crippen molar-refractivity contribution in [3.63, 3.8) is 0 Å². The number of amides is 1. The van der Waals surface area contributed by atoms with Gasteiger partial charge in [0.15, 0.2) is 0 Å². The highest BCUT2D eigenvalue weighted by Crippen LogP contribution is 2.27. The minimum absolute atomic E-state index is 0.0723. The summed E-state index contributed by atoms with van der Waals surface area (Å²) < 4.78 is 33.8. The molecule has 3 rings (SSSR count). The van der Waals surface area contributed by atoms with E-state index in [0.29, 0.717) is 11.4 Å². The molecule has 0 spiro atoms. The third-order valence-electron chi connectivity index (χ3n) is 5.79. The van der Waals surface area contributed by atoms with Crippen molar-refractivity contribution in [2.24, 2.45) is 0 Å². The Morgan fingerprint density at radius 2 is 1.66 bits per heavy atom. The van der Waals surface area contributed by atoms with Crippen LogP contribution in [0.25, 0.3) is 0 Å². The van der Waals surface area contributed by atoms with Gasteiger partial charge < -0.3 is 9.64 Å². The van der Waals surface area contributed by atoms with Gasteiger partial charge in [0, 0.05) is 19.5 Å². The van der Waals surface area contributed by atoms with Crippen LogP contribution in [0.1, 0.15) is 23.1 Å². The number of hydrogen-bond acceptors (Lipinski definition) is 5. The van der Waals surface area contributed by atoms with Crippen molar-refractivity contribution in [1.82, 2.24) is 4.90 Å². The first-order chi connectivity index (χ1) is 16.8. The van der Waals surface area contributed by atoms with Crippen molar-refractivity contribution in [2.75, 3.05) is 24.5 Å². The molecule has 0 saturated carbocycles. The quantitative estimate of drug-likeness (QED) is 0.391. The highest BCUT2D eigenvalue weighted by molar-refractivity contribution is 7.92. The number of benzene rings is 3. The second-order valence-corrected chi connectivity index (χ2v) is 10.0. The van der Waals surface area contributed by atoms with E-state index in [2.05, 4.69) is 0 Å². The fourth-order valence-electron chi connectivity index (χ4n) is 3.61. The molecule has 0 aliphatic heterocycles. The number of carbonyl (C=O) groups excluding carboxylic acids is 1. The van der Waals surface area contributed by atoms with E-state index >= 15 is 0 Å². The summed E-state index contributed by atoms with van der Waals surface area (Å²) in [7, 11) is -2.41. The van der Waals surface area contributed by atoms with Crippen LogP contribution in [0.3, 0.4) is 0 Å². The SMILES string of the molecule is COc1ccc(N(CCC(=O)N(CC#N)Cc2ccccc2)S(=O)(=O)c2ccc(C)c(C)c2)cc1. The molecule has 1 amide bonds. The number of anilines is 1. The molecule has 3 aromatic carbocycles. The van der Waals surface area contributed by atoms with Crippen LogP contribution < -0.4 is 9.04 Å². The van der Waals surface area contributed by atoms with Crippen LogP contribution in [-0.4, -0.2) is 39.4 Å². The summed E-state index contributed by atoms with van der Waals surface area (Å²) in [4.78, 5) is 14.7. The molecular weight excluding hydrogens is 462 g/mol. The molecule has 8 heteroatoms. The highest BCUT2D eigenvalue weighted by atomic mass is 32.2. The van der Waals surface area contributed by atoms with E-state index in [1.165, 1.54) is 16.3 Å². The number of nitrogens with zero attached hydrogens (tertiary/aromatic N) is 3. The summed E-state index contributed by atoms with van der Waals surface area (Å²) in [5, 5.41) is 9.23. The minimum atomic E-state index is -3.95. The average Bonchev–Trinajstić information content (AvgIpc) is 2.86. The van der Waals surface area contributed by atoms with Gasteiger partial charge in [-0.25, -0.2) is 8.42 Å². The maximum absolute atomic E-state index is 13.7. The van der Waals surface area contributed by atoms with Gasteiger partial charge in [-0.2, -0.15) is 5.26 Å². The van der Waals surface area contributed by atoms with Crippen molar-refractivity contribution >= 4 is 21.6 Å². The summed E-state index contributed by atoms with van der Waals surface area (Å²) in [5.74, 6) is 0.292. The Bertz CT molecular complexity index is 1300. The number of methoxy groups -OCH3 is 1. The number of aryl methyl sites for hydroxylation is 2. The molecule has 35 heavy (non-hydrogen) atoms. The molecule has 7 nitrogen and oxygen atoms in total. The largest absolute Gasteiger partial charge is 0.497 e. The van der Waals surface area contributed by atoms with Gasteiger partial charge in [0.1, 0.15) is 12.3 Å². The first-order valence-electron chi connectivity index (χ1n) is 11.2. The summed E-state index contributed by atoms with van der Waals surface area (Å²) >= 11 is 0. The highest BCUT2D eigenvalue weighted by Gasteiger charge is 2.27. The Morgan fingerprint density at radius 3 is 2.26 bits per heavy atom. The molecule has 182 valence electrons. The molecular formula is C27H29N3O4S. The third kappa shape index (κ3) is 6.40. The minimum Gasteiger partial charge on any atom is -0.497 e. The van der Waals surface area contributed by atoms with Crippen molar-refractivity contribution in [3.8, 4) is 11.8 Å². The Balaban J connectivity index is 1.89. The Labute approximate surface area is 207 Å². The zero-order valence-corrected chi connectivity index (χ0v) is 21.0. The van der Waals surface area contributed by atoms with Crippen molar-refractivity contribution in [2.45, 2.75) is 31.7 Å². The van der Waals surface area contributed by atoms with Gasteiger partial charge in [0.2, 0.25) is 5.91 Å². The number of rotatable bonds is 10. The van der Waals surface area contributed by atoms with E-state index in [9.17, 15) is 18.5 Å². The van der Waals surface area contributed by atoms with Crippen molar-refractivity contribution in [3.05, 3.63) is 89.5 Å². The number of ether oxygens (including phenoxy) is 1. The van der Waals surface area contributed by atoms with Crippen LogP contribution in [0.15, 0.2) is 77.7 Å². The molecule has 0 unspecified atom stereocenters. The molecule has 0 radical (unpaired) electrons. The summed E-state index contributed by atoms with van der Waals surface area (Å²) in [5.41, 5.74) is 3.17. The Hall–Kier alpha value is -3.83. The van der Waals surface area contributed by atoms with E-state index in [4.69, 9.17) is 4.74 Å². The van der Waals surface area contributed by atoms with Crippen molar-refractivity contribution in [1.29, 1.82) is 5.26 Å². The maximum atomic E-state index is 13.7. The number of nitriles is 1. The smallest absolute Gasteiger partial charge is 0.264 e. The average molecular weight is 492 g/mol. The Morgan fingerprint density at radius 1 is 0.971 bits per heavy atom. The van der Waals surface area contributed by atoms with Crippen LogP contribution in [-0.2, 0) is 21.4 Å². The second-order valence-electron chi connectivity index (χ2n) is 8.16. The summed E-state index contributed by atoms with van der Waals surface area (Å²) in [6.45, 7) is 3.90. The summed E-state index contributed by atoms with van der Waals surface area (Å²) in [6.07, 6.45) is -0.0788. The predicted molar refractivity (Wildman–Crippen MR) is 136 cm³/mol.